The number of rotatable bonds is 5. The molecular formula is C16H25N3O2. The van der Waals surface area contributed by atoms with E-state index < -0.39 is 0 Å². The van der Waals surface area contributed by atoms with E-state index in [4.69, 9.17) is 5.73 Å². The van der Waals surface area contributed by atoms with Gasteiger partial charge >= 0.3 is 0 Å². The second-order valence-electron chi connectivity index (χ2n) is 6.44. The lowest BCUT2D eigenvalue weighted by molar-refractivity contribution is -0.116. The minimum atomic E-state index is -0.185. The number of amides is 2. The molecule has 0 saturated heterocycles. The molecular weight excluding hydrogens is 266 g/mol. The number of anilines is 1. The van der Waals surface area contributed by atoms with Gasteiger partial charge in [0.2, 0.25) is 5.91 Å². The smallest absolute Gasteiger partial charge is 0.251 e. The van der Waals surface area contributed by atoms with Crippen molar-refractivity contribution in [2.24, 2.45) is 11.1 Å². The van der Waals surface area contributed by atoms with Crippen LogP contribution in [0.3, 0.4) is 0 Å². The first-order chi connectivity index (χ1) is 9.71. The molecule has 0 aliphatic rings. The Labute approximate surface area is 126 Å². The zero-order valence-electron chi connectivity index (χ0n) is 13.2. The minimum absolute atomic E-state index is 0.0961. The Morgan fingerprint density at radius 3 is 2.52 bits per heavy atom. The van der Waals surface area contributed by atoms with E-state index >= 15 is 0 Å². The van der Waals surface area contributed by atoms with E-state index in [-0.39, 0.29) is 29.7 Å². The Hall–Kier alpha value is -1.88. The molecule has 0 aromatic heterocycles. The van der Waals surface area contributed by atoms with E-state index in [1.807, 2.05) is 0 Å². The lowest BCUT2D eigenvalue weighted by atomic mass is 9.87. The Morgan fingerprint density at radius 2 is 1.95 bits per heavy atom. The van der Waals surface area contributed by atoms with Gasteiger partial charge in [-0.05, 0) is 30.0 Å². The Bertz CT molecular complexity index is 506. The molecule has 0 heterocycles. The van der Waals surface area contributed by atoms with Crippen LogP contribution in [0.4, 0.5) is 5.69 Å². The van der Waals surface area contributed by atoms with Crippen molar-refractivity contribution in [1.29, 1.82) is 0 Å². The zero-order valence-corrected chi connectivity index (χ0v) is 13.2. The van der Waals surface area contributed by atoms with Crippen molar-refractivity contribution in [3.05, 3.63) is 29.8 Å². The van der Waals surface area contributed by atoms with E-state index in [1.165, 1.54) is 0 Å². The van der Waals surface area contributed by atoms with Gasteiger partial charge in [-0.2, -0.15) is 0 Å². The molecule has 116 valence electrons. The molecule has 1 atom stereocenters. The highest BCUT2D eigenvalue weighted by Crippen LogP contribution is 2.21. The van der Waals surface area contributed by atoms with Gasteiger partial charge in [0.25, 0.3) is 5.91 Å². The standard InChI is InChI=1S/C16H25N3O2/c1-16(2,3)10-12(17)9-14(20)19-13-7-5-6-11(8-13)15(21)18-4/h5-8,12H,9-10,17H2,1-4H3,(H,18,21)(H,19,20). The lowest BCUT2D eigenvalue weighted by Gasteiger charge is -2.22. The maximum absolute atomic E-state index is 12.0. The molecule has 0 spiro atoms. The third-order valence-corrected chi connectivity index (χ3v) is 2.96. The van der Waals surface area contributed by atoms with Gasteiger partial charge in [0, 0.05) is 30.8 Å². The predicted octanol–water partition coefficient (Wildman–Crippen LogP) is 2.14. The summed E-state index contributed by atoms with van der Waals surface area (Å²) in [4.78, 5) is 23.5. The van der Waals surface area contributed by atoms with E-state index in [0.717, 1.165) is 6.42 Å². The second kappa shape index (κ2) is 7.22. The highest BCUT2D eigenvalue weighted by Gasteiger charge is 2.18. The van der Waals surface area contributed by atoms with Crippen LogP contribution >= 0.6 is 0 Å². The van der Waals surface area contributed by atoms with Crippen LogP contribution in [-0.4, -0.2) is 24.9 Å². The largest absolute Gasteiger partial charge is 0.355 e. The number of carbonyl (C=O) groups is 2. The van der Waals surface area contributed by atoms with Crippen molar-refractivity contribution >= 4 is 17.5 Å². The molecule has 1 aromatic carbocycles. The summed E-state index contributed by atoms with van der Waals surface area (Å²) in [6.45, 7) is 6.28. The maximum Gasteiger partial charge on any atom is 0.251 e. The van der Waals surface area contributed by atoms with Crippen LogP contribution in [0.5, 0.6) is 0 Å². The first-order valence-electron chi connectivity index (χ1n) is 7.09. The van der Waals surface area contributed by atoms with E-state index in [2.05, 4.69) is 31.4 Å². The molecule has 2 amide bonds. The van der Waals surface area contributed by atoms with Gasteiger partial charge in [0.05, 0.1) is 0 Å². The van der Waals surface area contributed by atoms with Crippen molar-refractivity contribution in [1.82, 2.24) is 5.32 Å². The predicted molar refractivity (Wildman–Crippen MR) is 85.1 cm³/mol. The van der Waals surface area contributed by atoms with Crippen LogP contribution in [0.2, 0.25) is 0 Å². The molecule has 0 aliphatic heterocycles. The maximum atomic E-state index is 12.0. The molecule has 0 aliphatic carbocycles. The summed E-state index contributed by atoms with van der Waals surface area (Å²) in [6.07, 6.45) is 1.04. The fourth-order valence-electron chi connectivity index (χ4n) is 2.19. The third kappa shape index (κ3) is 6.40. The average Bonchev–Trinajstić information content (AvgIpc) is 2.35. The molecule has 0 fully saturated rings. The molecule has 21 heavy (non-hydrogen) atoms. The van der Waals surface area contributed by atoms with Crippen LogP contribution in [0.25, 0.3) is 0 Å². The van der Waals surface area contributed by atoms with Crippen molar-refractivity contribution in [3.8, 4) is 0 Å². The van der Waals surface area contributed by atoms with Gasteiger partial charge < -0.3 is 16.4 Å². The van der Waals surface area contributed by atoms with Gasteiger partial charge in [0.15, 0.2) is 0 Å². The van der Waals surface area contributed by atoms with E-state index in [0.29, 0.717) is 11.3 Å². The highest BCUT2D eigenvalue weighted by molar-refractivity contribution is 5.97. The molecule has 4 N–H and O–H groups in total. The van der Waals surface area contributed by atoms with Gasteiger partial charge in [-0.25, -0.2) is 0 Å². The number of hydrogen-bond donors (Lipinski definition) is 3. The van der Waals surface area contributed by atoms with Crippen molar-refractivity contribution in [3.63, 3.8) is 0 Å². The topological polar surface area (TPSA) is 84.2 Å². The third-order valence-electron chi connectivity index (χ3n) is 2.96. The van der Waals surface area contributed by atoms with Crippen molar-refractivity contribution in [2.75, 3.05) is 12.4 Å². The van der Waals surface area contributed by atoms with Crippen molar-refractivity contribution < 1.29 is 9.59 Å². The highest BCUT2D eigenvalue weighted by atomic mass is 16.2. The summed E-state index contributed by atoms with van der Waals surface area (Å²) in [5, 5.41) is 5.33. The monoisotopic (exact) mass is 291 g/mol. The van der Waals surface area contributed by atoms with Gasteiger partial charge in [-0.1, -0.05) is 26.8 Å². The van der Waals surface area contributed by atoms with Gasteiger partial charge in [0.1, 0.15) is 0 Å². The molecule has 1 unspecified atom stereocenters. The first kappa shape index (κ1) is 17.2. The number of nitrogens with one attached hydrogen (secondary N) is 2. The zero-order chi connectivity index (χ0) is 16.0. The molecule has 5 nitrogen and oxygen atoms in total. The van der Waals surface area contributed by atoms with Gasteiger partial charge in [-0.3, -0.25) is 9.59 Å². The average molecular weight is 291 g/mol. The summed E-state index contributed by atoms with van der Waals surface area (Å²) < 4.78 is 0. The van der Waals surface area contributed by atoms with Gasteiger partial charge in [-0.15, -0.1) is 0 Å². The molecule has 0 bridgehead atoms. The summed E-state index contributed by atoms with van der Waals surface area (Å²) >= 11 is 0. The van der Waals surface area contributed by atoms with Crippen LogP contribution in [0, 0.1) is 5.41 Å². The fraction of sp³-hybridized carbons (Fsp3) is 0.500. The summed E-state index contributed by atoms with van der Waals surface area (Å²) in [7, 11) is 1.57. The van der Waals surface area contributed by atoms with E-state index in [9.17, 15) is 9.59 Å². The van der Waals surface area contributed by atoms with Crippen LogP contribution in [-0.2, 0) is 4.79 Å². The second-order valence-corrected chi connectivity index (χ2v) is 6.44. The summed E-state index contributed by atoms with van der Waals surface area (Å²) in [6, 6.07) is 6.65. The Morgan fingerprint density at radius 1 is 1.29 bits per heavy atom. The number of carbonyl (C=O) groups excluding carboxylic acids is 2. The SMILES string of the molecule is CNC(=O)c1cccc(NC(=O)CC(N)CC(C)(C)C)c1. The summed E-state index contributed by atoms with van der Waals surface area (Å²) in [5.74, 6) is -0.323. The number of hydrogen-bond acceptors (Lipinski definition) is 3. The first-order valence-corrected chi connectivity index (χ1v) is 7.09. The quantitative estimate of drug-likeness (QED) is 0.777. The Balaban J connectivity index is 2.61. The molecule has 5 heteroatoms. The number of benzene rings is 1. The normalized spacial score (nSPS) is 12.6. The van der Waals surface area contributed by atoms with Crippen molar-refractivity contribution in [2.45, 2.75) is 39.7 Å². The fourth-order valence-corrected chi connectivity index (χ4v) is 2.19. The molecule has 1 aromatic rings. The van der Waals surface area contributed by atoms with Crippen LogP contribution < -0.4 is 16.4 Å². The van der Waals surface area contributed by atoms with Crippen LogP contribution in [0.15, 0.2) is 24.3 Å². The summed E-state index contributed by atoms with van der Waals surface area (Å²) in [5.41, 5.74) is 7.19. The molecule has 0 saturated carbocycles. The molecule has 1 rings (SSSR count). The number of nitrogens with two attached hydrogens (primary N) is 1. The Kier molecular flexibility index (Phi) is 5.90. The lowest BCUT2D eigenvalue weighted by Crippen LogP contribution is -2.31. The van der Waals surface area contributed by atoms with E-state index in [1.54, 1.807) is 31.3 Å². The van der Waals surface area contributed by atoms with Crippen LogP contribution in [0.1, 0.15) is 44.0 Å². The minimum Gasteiger partial charge on any atom is -0.355 e. The molecule has 0 radical (unpaired) electrons.